The molecule has 0 spiro atoms. The average Bonchev–Trinajstić information content (AvgIpc) is 3.00. The largest absolute Gasteiger partial charge is 0.385 e. The van der Waals surface area contributed by atoms with Crippen molar-refractivity contribution in [2.24, 2.45) is 0 Å². The highest BCUT2D eigenvalue weighted by Crippen LogP contribution is 2.38. The lowest BCUT2D eigenvalue weighted by atomic mass is 10.2. The number of nitrogens with zero attached hydrogens (tertiary/aromatic N) is 3. The van der Waals surface area contributed by atoms with E-state index in [-0.39, 0.29) is 17.1 Å². The predicted octanol–water partition coefficient (Wildman–Crippen LogP) is -1.59. The number of alkyl halides is 1. The fourth-order valence-electron chi connectivity index (χ4n) is 2.27. The molecule has 24 heavy (non-hydrogen) atoms. The molecule has 12 nitrogen and oxygen atoms in total. The van der Waals surface area contributed by atoms with E-state index in [9.17, 15) is 18.9 Å². The first-order chi connectivity index (χ1) is 11.2. The molecule has 0 saturated carbocycles. The molecule has 1 aliphatic rings. The van der Waals surface area contributed by atoms with Gasteiger partial charge in [-0.1, -0.05) is 0 Å². The zero-order chi connectivity index (χ0) is 17.6. The number of aliphatic hydroxyl groups is 1. The van der Waals surface area contributed by atoms with Crippen molar-refractivity contribution in [1.82, 2.24) is 19.5 Å². The van der Waals surface area contributed by atoms with E-state index in [1.165, 1.54) is 0 Å². The van der Waals surface area contributed by atoms with Crippen LogP contribution in [0.25, 0.3) is 11.2 Å². The van der Waals surface area contributed by atoms with Crippen molar-refractivity contribution in [3.05, 3.63) is 16.7 Å². The molecule has 1 fully saturated rings. The Morgan fingerprint density at radius 1 is 1.54 bits per heavy atom. The predicted molar refractivity (Wildman–Crippen MR) is 75.4 cm³/mol. The van der Waals surface area contributed by atoms with Crippen LogP contribution in [0.15, 0.2) is 11.1 Å². The Labute approximate surface area is 132 Å². The van der Waals surface area contributed by atoms with Crippen molar-refractivity contribution >= 4 is 24.7 Å². The zero-order valence-electron chi connectivity index (χ0n) is 11.8. The Morgan fingerprint density at radius 3 is 2.92 bits per heavy atom. The van der Waals surface area contributed by atoms with E-state index >= 15 is 0 Å². The fourth-order valence-corrected chi connectivity index (χ4v) is 2.61. The van der Waals surface area contributed by atoms with Gasteiger partial charge in [0.05, 0.1) is 6.33 Å². The Morgan fingerprint density at radius 2 is 2.25 bits per heavy atom. The Kier molecular flexibility index (Phi) is 4.15. The van der Waals surface area contributed by atoms with Gasteiger partial charge >= 0.3 is 7.60 Å². The van der Waals surface area contributed by atoms with E-state index in [0.717, 1.165) is 10.9 Å². The first-order valence-corrected chi connectivity index (χ1v) is 8.33. The number of nitrogens with two attached hydrogens (primary N) is 1. The lowest BCUT2D eigenvalue weighted by molar-refractivity contribution is -0.167. The SMILES string of the molecule is Nc1nc2c(ncn2[C@@H]2O[C@H](OCP(=O)(O)O)C(O)[C@@H]2F)c(=O)[nH]1. The van der Waals surface area contributed by atoms with Gasteiger partial charge < -0.3 is 30.1 Å². The maximum atomic E-state index is 14.3. The highest BCUT2D eigenvalue weighted by molar-refractivity contribution is 7.51. The van der Waals surface area contributed by atoms with E-state index in [1.807, 2.05) is 0 Å². The maximum absolute atomic E-state index is 14.3. The number of halogens is 1. The normalized spacial score (nSPS) is 27.8. The van der Waals surface area contributed by atoms with Crippen LogP contribution in [0, 0.1) is 0 Å². The third-order valence-corrected chi connectivity index (χ3v) is 3.77. The quantitative estimate of drug-likeness (QED) is 0.395. The minimum absolute atomic E-state index is 0.0771. The molecule has 1 saturated heterocycles. The molecular formula is C10H13FN5O7P. The minimum atomic E-state index is -4.53. The summed E-state index contributed by atoms with van der Waals surface area (Å²) in [6.45, 7) is 0. The standard InChI is InChI=1S/C10H13FN5O7P/c11-3-5(17)9(22-2-24(19,20)21)23-8(3)16-1-13-4-6(16)14-10(12)15-7(4)18/h1,3,5,8-9,17H,2H2,(H2,19,20,21)(H3,12,14,15,18)/t3-,5?,8+,9-/m0/s1. The Bertz CT molecular complexity index is 865. The smallest absolute Gasteiger partial charge is 0.351 e. The monoisotopic (exact) mass is 365 g/mol. The Hall–Kier alpha value is -1.89. The second-order valence-electron chi connectivity index (χ2n) is 5.07. The molecule has 0 radical (unpaired) electrons. The third kappa shape index (κ3) is 3.05. The number of aromatic nitrogens is 4. The van der Waals surface area contributed by atoms with Crippen molar-refractivity contribution in [1.29, 1.82) is 0 Å². The number of imidazole rings is 1. The van der Waals surface area contributed by atoms with Crippen LogP contribution in [-0.2, 0) is 14.0 Å². The fraction of sp³-hybridized carbons (Fsp3) is 0.500. The number of anilines is 1. The summed E-state index contributed by atoms with van der Waals surface area (Å²) in [4.78, 5) is 39.1. The lowest BCUT2D eigenvalue weighted by Crippen LogP contribution is -2.30. The van der Waals surface area contributed by atoms with Crippen LogP contribution in [0.1, 0.15) is 6.23 Å². The minimum Gasteiger partial charge on any atom is -0.385 e. The topological polar surface area (TPSA) is 186 Å². The van der Waals surface area contributed by atoms with E-state index in [2.05, 4.69) is 15.0 Å². The second-order valence-corrected chi connectivity index (χ2v) is 6.65. The first kappa shape index (κ1) is 17.0. The highest BCUT2D eigenvalue weighted by Gasteiger charge is 2.47. The summed E-state index contributed by atoms with van der Waals surface area (Å²) in [5.74, 6) is -0.225. The number of ether oxygens (including phenoxy) is 2. The number of aromatic amines is 1. The van der Waals surface area contributed by atoms with Crippen LogP contribution < -0.4 is 11.3 Å². The average molecular weight is 365 g/mol. The molecule has 3 rings (SSSR count). The molecule has 14 heteroatoms. The van der Waals surface area contributed by atoms with Crippen LogP contribution in [0.4, 0.5) is 10.3 Å². The van der Waals surface area contributed by atoms with Crippen LogP contribution >= 0.6 is 7.60 Å². The van der Waals surface area contributed by atoms with Crippen LogP contribution in [-0.4, -0.2) is 59.3 Å². The number of H-pyrrole nitrogens is 1. The van der Waals surface area contributed by atoms with Crippen molar-refractivity contribution < 1.29 is 33.3 Å². The van der Waals surface area contributed by atoms with E-state index in [4.69, 9.17) is 25.0 Å². The molecule has 0 bridgehead atoms. The molecule has 2 aromatic rings. The molecule has 1 unspecified atom stereocenters. The summed E-state index contributed by atoms with van der Waals surface area (Å²) >= 11 is 0. The second kappa shape index (κ2) is 5.88. The summed E-state index contributed by atoms with van der Waals surface area (Å²) in [6.07, 6.45) is -6.90. The van der Waals surface area contributed by atoms with Gasteiger partial charge in [-0.15, -0.1) is 0 Å². The molecule has 4 atom stereocenters. The summed E-state index contributed by atoms with van der Waals surface area (Å²) in [5.41, 5.74) is 4.60. The number of hydrogen-bond donors (Lipinski definition) is 5. The molecule has 3 heterocycles. The summed E-state index contributed by atoms with van der Waals surface area (Å²) in [5, 5.41) is 9.78. The highest BCUT2D eigenvalue weighted by atomic mass is 31.2. The molecule has 1 aliphatic heterocycles. The lowest BCUT2D eigenvalue weighted by Gasteiger charge is -2.16. The number of nitrogens with one attached hydrogen (secondary N) is 1. The molecule has 2 aromatic heterocycles. The van der Waals surface area contributed by atoms with Gasteiger partial charge in [0.2, 0.25) is 5.95 Å². The van der Waals surface area contributed by atoms with Gasteiger partial charge in [-0.2, -0.15) is 4.98 Å². The number of aliphatic hydroxyl groups excluding tert-OH is 1. The van der Waals surface area contributed by atoms with Gasteiger partial charge in [0.1, 0.15) is 6.10 Å². The summed E-state index contributed by atoms with van der Waals surface area (Å²) in [7, 11) is -4.53. The number of fused-ring (bicyclic) bond motifs is 1. The van der Waals surface area contributed by atoms with E-state index < -0.39 is 44.3 Å². The molecule has 132 valence electrons. The number of nitrogen functional groups attached to an aromatic ring is 1. The number of rotatable bonds is 4. The molecule has 0 amide bonds. The van der Waals surface area contributed by atoms with Gasteiger partial charge in [-0.25, -0.2) is 9.37 Å². The Balaban J connectivity index is 1.90. The van der Waals surface area contributed by atoms with Gasteiger partial charge in [0, 0.05) is 0 Å². The van der Waals surface area contributed by atoms with Gasteiger partial charge in [0.15, 0.2) is 36.2 Å². The van der Waals surface area contributed by atoms with E-state index in [1.54, 1.807) is 0 Å². The third-order valence-electron chi connectivity index (χ3n) is 3.28. The van der Waals surface area contributed by atoms with Crippen LogP contribution in [0.5, 0.6) is 0 Å². The van der Waals surface area contributed by atoms with Crippen LogP contribution in [0.3, 0.4) is 0 Å². The molecule has 0 aliphatic carbocycles. The van der Waals surface area contributed by atoms with Crippen molar-refractivity contribution in [3.8, 4) is 0 Å². The summed E-state index contributed by atoms with van der Waals surface area (Å²) < 4.78 is 36.0. The van der Waals surface area contributed by atoms with Gasteiger partial charge in [-0.05, 0) is 0 Å². The van der Waals surface area contributed by atoms with Crippen molar-refractivity contribution in [3.63, 3.8) is 0 Å². The molecular weight excluding hydrogens is 352 g/mol. The summed E-state index contributed by atoms with van der Waals surface area (Å²) in [6, 6.07) is 0. The molecule has 0 aromatic carbocycles. The zero-order valence-corrected chi connectivity index (χ0v) is 12.7. The van der Waals surface area contributed by atoms with Crippen molar-refractivity contribution in [2.75, 3.05) is 12.1 Å². The van der Waals surface area contributed by atoms with Crippen LogP contribution in [0.2, 0.25) is 0 Å². The van der Waals surface area contributed by atoms with E-state index in [0.29, 0.717) is 0 Å². The maximum Gasteiger partial charge on any atom is 0.351 e. The number of hydrogen-bond acceptors (Lipinski definition) is 8. The van der Waals surface area contributed by atoms with Crippen molar-refractivity contribution in [2.45, 2.75) is 24.8 Å². The van der Waals surface area contributed by atoms with Gasteiger partial charge in [0.25, 0.3) is 5.56 Å². The first-order valence-electron chi connectivity index (χ1n) is 6.53. The molecule has 6 N–H and O–H groups in total. The van der Waals surface area contributed by atoms with Gasteiger partial charge in [-0.3, -0.25) is 18.9 Å².